The van der Waals surface area contributed by atoms with Gasteiger partial charge in [0.15, 0.2) is 5.11 Å². The number of hydrogen-bond donors (Lipinski definition) is 2. The van der Waals surface area contributed by atoms with Gasteiger partial charge in [-0.1, -0.05) is 12.1 Å². The van der Waals surface area contributed by atoms with Crippen molar-refractivity contribution >= 4 is 23.0 Å². The molecule has 7 heteroatoms. The van der Waals surface area contributed by atoms with Crippen molar-refractivity contribution in [3.63, 3.8) is 0 Å². The van der Waals surface area contributed by atoms with E-state index < -0.39 is 0 Å². The highest BCUT2D eigenvalue weighted by Crippen LogP contribution is 2.41. The highest BCUT2D eigenvalue weighted by molar-refractivity contribution is 7.80. The monoisotopic (exact) mass is 427 g/mol. The van der Waals surface area contributed by atoms with Crippen molar-refractivity contribution in [1.82, 2.24) is 19.9 Å². The summed E-state index contributed by atoms with van der Waals surface area (Å²) in [6.07, 6.45) is 5.67. The Kier molecular flexibility index (Phi) is 5.09. The van der Waals surface area contributed by atoms with Gasteiger partial charge in [-0.3, -0.25) is 9.97 Å². The van der Waals surface area contributed by atoms with E-state index in [1.165, 1.54) is 0 Å². The molecule has 1 aliphatic rings. The number of phenolic OH excluding ortho intramolecular Hbond substituents is 1. The molecule has 2 N–H and O–H groups in total. The van der Waals surface area contributed by atoms with Crippen LogP contribution in [0.3, 0.4) is 0 Å². The van der Waals surface area contributed by atoms with Gasteiger partial charge in [0.25, 0.3) is 0 Å². The van der Waals surface area contributed by atoms with Gasteiger partial charge in [0.2, 0.25) is 0 Å². The summed E-state index contributed by atoms with van der Waals surface area (Å²) in [4.78, 5) is 11.2. The van der Waals surface area contributed by atoms with Crippen LogP contribution in [0, 0.1) is 0 Å². The average molecular weight is 428 g/mol. The van der Waals surface area contributed by atoms with Crippen molar-refractivity contribution in [2.24, 2.45) is 0 Å². The van der Waals surface area contributed by atoms with Crippen LogP contribution in [0.25, 0.3) is 0 Å². The summed E-state index contributed by atoms with van der Waals surface area (Å²) in [5, 5.41) is 13.9. The van der Waals surface area contributed by atoms with Crippen LogP contribution in [0.1, 0.15) is 29.2 Å². The molecule has 31 heavy (non-hydrogen) atoms. The minimum Gasteiger partial charge on any atom is -0.508 e. The molecule has 4 heterocycles. The fraction of sp³-hybridized carbons (Fsp3) is 0.125. The first kappa shape index (κ1) is 19.3. The molecule has 3 aromatic heterocycles. The van der Waals surface area contributed by atoms with Crippen molar-refractivity contribution < 1.29 is 5.11 Å². The third kappa shape index (κ3) is 3.75. The van der Waals surface area contributed by atoms with E-state index >= 15 is 0 Å². The predicted octanol–water partition coefficient (Wildman–Crippen LogP) is 4.21. The number of thiocarbonyl (C=S) groups is 1. The number of hydrogen-bond acceptors (Lipinski definition) is 4. The Bertz CT molecular complexity index is 1180. The number of aromatic nitrogens is 3. The molecule has 1 aliphatic heterocycles. The summed E-state index contributed by atoms with van der Waals surface area (Å²) in [5.41, 5.74) is 3.91. The van der Waals surface area contributed by atoms with Gasteiger partial charge in [0.05, 0.1) is 24.0 Å². The zero-order valence-corrected chi connectivity index (χ0v) is 17.5. The van der Waals surface area contributed by atoms with E-state index in [0.29, 0.717) is 11.7 Å². The summed E-state index contributed by atoms with van der Waals surface area (Å²) >= 11 is 5.76. The Morgan fingerprint density at radius 1 is 0.903 bits per heavy atom. The Balaban J connectivity index is 1.60. The largest absolute Gasteiger partial charge is 0.508 e. The lowest BCUT2D eigenvalue weighted by atomic mass is 10.0. The first-order chi connectivity index (χ1) is 15.2. The Hall–Kier alpha value is -3.71. The lowest BCUT2D eigenvalue weighted by Crippen LogP contribution is -2.30. The number of nitrogens with one attached hydrogen (secondary N) is 1. The molecule has 2 atom stereocenters. The number of phenols is 1. The second-order valence-corrected chi connectivity index (χ2v) is 7.78. The van der Waals surface area contributed by atoms with Gasteiger partial charge >= 0.3 is 0 Å². The van der Waals surface area contributed by atoms with Crippen LogP contribution < -0.4 is 10.2 Å². The number of benzene rings is 1. The Morgan fingerprint density at radius 3 is 2.39 bits per heavy atom. The van der Waals surface area contributed by atoms with E-state index in [4.69, 9.17) is 12.2 Å². The highest BCUT2D eigenvalue weighted by atomic mass is 32.1. The van der Waals surface area contributed by atoms with E-state index in [-0.39, 0.29) is 17.8 Å². The van der Waals surface area contributed by atoms with Gasteiger partial charge in [-0.25, -0.2) is 0 Å². The molecule has 4 aromatic rings. The molecule has 0 amide bonds. The second kappa shape index (κ2) is 8.20. The zero-order valence-electron chi connectivity index (χ0n) is 16.7. The van der Waals surface area contributed by atoms with Crippen LogP contribution in [-0.2, 0) is 6.54 Å². The number of nitrogens with zero attached hydrogens (tertiary/aromatic N) is 4. The van der Waals surface area contributed by atoms with Crippen molar-refractivity contribution in [1.29, 1.82) is 0 Å². The van der Waals surface area contributed by atoms with Gasteiger partial charge in [-0.05, 0) is 72.9 Å². The van der Waals surface area contributed by atoms with E-state index in [2.05, 4.69) is 37.0 Å². The van der Waals surface area contributed by atoms with Crippen LogP contribution in [0.15, 0.2) is 91.4 Å². The molecule has 154 valence electrons. The minimum absolute atomic E-state index is 0.120. The molecular formula is C24H21N5OS. The summed E-state index contributed by atoms with van der Waals surface area (Å²) in [5.74, 6) is 0.221. The lowest BCUT2D eigenvalue weighted by Gasteiger charge is -2.29. The van der Waals surface area contributed by atoms with E-state index in [0.717, 1.165) is 22.8 Å². The predicted molar refractivity (Wildman–Crippen MR) is 124 cm³/mol. The Labute approximate surface area is 185 Å². The van der Waals surface area contributed by atoms with Gasteiger partial charge in [-0.15, -0.1) is 0 Å². The summed E-state index contributed by atoms with van der Waals surface area (Å²) in [6.45, 7) is 0.658. The van der Waals surface area contributed by atoms with Crippen molar-refractivity contribution in [2.45, 2.75) is 18.6 Å². The quantitative estimate of drug-likeness (QED) is 0.465. The summed E-state index contributed by atoms with van der Waals surface area (Å²) < 4.78 is 2.20. The van der Waals surface area contributed by atoms with Gasteiger partial charge < -0.3 is 19.9 Å². The summed E-state index contributed by atoms with van der Waals surface area (Å²) in [6, 6.07) is 22.9. The average Bonchev–Trinajstić information content (AvgIpc) is 3.39. The molecule has 6 nitrogen and oxygen atoms in total. The maximum atomic E-state index is 9.77. The van der Waals surface area contributed by atoms with Gasteiger partial charge in [-0.2, -0.15) is 0 Å². The molecule has 0 aliphatic carbocycles. The fourth-order valence-corrected chi connectivity index (χ4v) is 4.40. The Morgan fingerprint density at radius 2 is 1.68 bits per heavy atom. The molecular weight excluding hydrogens is 406 g/mol. The van der Waals surface area contributed by atoms with Gasteiger partial charge in [0.1, 0.15) is 11.8 Å². The molecule has 1 fully saturated rings. The molecule has 0 bridgehead atoms. The van der Waals surface area contributed by atoms with Crippen LogP contribution in [0.5, 0.6) is 5.75 Å². The van der Waals surface area contributed by atoms with E-state index in [1.54, 1.807) is 18.3 Å². The maximum Gasteiger partial charge on any atom is 0.174 e. The van der Waals surface area contributed by atoms with Crippen molar-refractivity contribution in [3.05, 3.63) is 108 Å². The SMILES string of the molecule is Oc1ccc(N2C(=S)N[C@H](c3ccccn3)[C@H]2c2cccn2Cc2ccccn2)cc1. The topological polar surface area (TPSA) is 66.2 Å². The standard InChI is InChI=1S/C24H21N5OS/c30-19-11-9-18(10-12-19)29-23(22(27-24(29)31)20-7-2-4-14-26-20)21-8-5-15-28(21)16-17-6-1-3-13-25-17/h1-15,22-23,30H,16H2,(H,27,31)/t22-,23-/m1/s1. The molecule has 0 unspecified atom stereocenters. The highest BCUT2D eigenvalue weighted by Gasteiger charge is 2.42. The normalized spacial score (nSPS) is 18.2. The van der Waals surface area contributed by atoms with Gasteiger partial charge in [0, 0.05) is 30.0 Å². The molecule has 1 aromatic carbocycles. The number of pyridine rings is 2. The molecule has 0 radical (unpaired) electrons. The van der Waals surface area contributed by atoms with E-state index in [1.807, 2.05) is 60.8 Å². The zero-order chi connectivity index (χ0) is 21.2. The van der Waals surface area contributed by atoms with Crippen molar-refractivity contribution in [2.75, 3.05) is 4.90 Å². The maximum absolute atomic E-state index is 9.77. The molecule has 5 rings (SSSR count). The van der Waals surface area contributed by atoms with E-state index in [9.17, 15) is 5.11 Å². The first-order valence-electron chi connectivity index (χ1n) is 10.1. The minimum atomic E-state index is -0.125. The fourth-order valence-electron chi connectivity index (χ4n) is 4.05. The number of anilines is 1. The second-order valence-electron chi connectivity index (χ2n) is 7.40. The van der Waals surface area contributed by atoms with Crippen LogP contribution in [0.2, 0.25) is 0 Å². The smallest absolute Gasteiger partial charge is 0.174 e. The number of rotatable bonds is 5. The van der Waals surface area contributed by atoms with Crippen LogP contribution >= 0.6 is 12.2 Å². The molecule has 0 saturated carbocycles. The molecule has 0 spiro atoms. The summed E-state index contributed by atoms with van der Waals surface area (Å²) in [7, 11) is 0. The molecule has 1 saturated heterocycles. The third-order valence-electron chi connectivity index (χ3n) is 5.45. The van der Waals surface area contributed by atoms with Crippen LogP contribution in [-0.4, -0.2) is 24.8 Å². The van der Waals surface area contributed by atoms with Crippen LogP contribution in [0.4, 0.5) is 5.69 Å². The number of aromatic hydroxyl groups is 1. The third-order valence-corrected chi connectivity index (χ3v) is 5.77. The van der Waals surface area contributed by atoms with Crippen molar-refractivity contribution in [3.8, 4) is 5.75 Å². The lowest BCUT2D eigenvalue weighted by molar-refractivity contribution is 0.475. The first-order valence-corrected chi connectivity index (χ1v) is 10.5.